The molecule has 0 unspecified atom stereocenters. The van der Waals surface area contributed by atoms with Gasteiger partial charge in [-0.25, -0.2) is 4.98 Å². The summed E-state index contributed by atoms with van der Waals surface area (Å²) in [5, 5.41) is 8.76. The number of rotatable bonds is 4. The number of aromatic nitrogens is 3. The maximum atomic E-state index is 5.05. The molecule has 0 fully saturated rings. The topological polar surface area (TPSA) is 63.8 Å². The van der Waals surface area contributed by atoms with E-state index in [0.717, 1.165) is 18.7 Å². The third-order valence-corrected chi connectivity index (χ3v) is 2.30. The van der Waals surface area contributed by atoms with Crippen molar-refractivity contribution in [1.29, 1.82) is 0 Å². The van der Waals surface area contributed by atoms with Gasteiger partial charge in [-0.2, -0.15) is 4.98 Å². The summed E-state index contributed by atoms with van der Waals surface area (Å²) < 4.78 is 5.05. The van der Waals surface area contributed by atoms with Gasteiger partial charge >= 0.3 is 0 Å². The molecule has 6 heteroatoms. The van der Waals surface area contributed by atoms with Gasteiger partial charge in [-0.3, -0.25) is 0 Å². The Morgan fingerprint density at radius 2 is 2.50 bits per heavy atom. The maximum absolute atomic E-state index is 5.05. The summed E-state index contributed by atoms with van der Waals surface area (Å²) in [6.45, 7) is 0.832. The lowest BCUT2D eigenvalue weighted by molar-refractivity contribution is 0.377. The van der Waals surface area contributed by atoms with Crippen molar-refractivity contribution in [3.05, 3.63) is 16.8 Å². The molecule has 2 aromatic rings. The Morgan fingerprint density at radius 3 is 3.21 bits per heavy atom. The molecule has 74 valence electrons. The van der Waals surface area contributed by atoms with E-state index >= 15 is 0 Å². The Bertz CT molecular complexity index is 384. The molecular formula is C8H10N4OS. The lowest BCUT2D eigenvalue weighted by atomic mass is 10.4. The maximum Gasteiger partial charge on any atom is 0.228 e. The molecule has 0 aliphatic heterocycles. The highest BCUT2D eigenvalue weighted by Gasteiger charge is 2.08. The smallest absolute Gasteiger partial charge is 0.228 e. The number of likely N-dealkylation sites (N-methyl/N-ethyl adjacent to an activating group) is 1. The van der Waals surface area contributed by atoms with Crippen LogP contribution in [0.5, 0.6) is 0 Å². The van der Waals surface area contributed by atoms with Crippen molar-refractivity contribution in [3.63, 3.8) is 0 Å². The Kier molecular flexibility index (Phi) is 2.85. The van der Waals surface area contributed by atoms with Gasteiger partial charge in [0.05, 0.1) is 5.51 Å². The molecule has 0 spiro atoms. The fourth-order valence-electron chi connectivity index (χ4n) is 1.02. The number of hydrogen-bond donors (Lipinski definition) is 1. The molecule has 0 bridgehead atoms. The first kappa shape index (κ1) is 9.29. The zero-order valence-electron chi connectivity index (χ0n) is 7.73. The first-order valence-electron chi connectivity index (χ1n) is 4.26. The van der Waals surface area contributed by atoms with E-state index in [4.69, 9.17) is 4.52 Å². The molecular weight excluding hydrogens is 200 g/mol. The van der Waals surface area contributed by atoms with Gasteiger partial charge in [0.25, 0.3) is 0 Å². The Balaban J connectivity index is 2.10. The molecule has 2 rings (SSSR count). The Labute approximate surface area is 85.2 Å². The zero-order valence-corrected chi connectivity index (χ0v) is 8.54. The van der Waals surface area contributed by atoms with Crippen LogP contribution in [0.15, 0.2) is 15.4 Å². The van der Waals surface area contributed by atoms with Crippen LogP contribution in [0.25, 0.3) is 11.5 Å². The summed E-state index contributed by atoms with van der Waals surface area (Å²) in [7, 11) is 1.89. The van der Waals surface area contributed by atoms with Crippen LogP contribution < -0.4 is 5.32 Å². The van der Waals surface area contributed by atoms with Gasteiger partial charge in [-0.1, -0.05) is 5.16 Å². The molecule has 14 heavy (non-hydrogen) atoms. The lowest BCUT2D eigenvalue weighted by Crippen LogP contribution is -2.10. The van der Waals surface area contributed by atoms with Gasteiger partial charge < -0.3 is 9.84 Å². The van der Waals surface area contributed by atoms with E-state index in [-0.39, 0.29) is 0 Å². The zero-order chi connectivity index (χ0) is 9.80. The van der Waals surface area contributed by atoms with Crippen LogP contribution in [0.2, 0.25) is 0 Å². The minimum Gasteiger partial charge on any atom is -0.339 e. The van der Waals surface area contributed by atoms with E-state index in [0.29, 0.717) is 11.7 Å². The van der Waals surface area contributed by atoms with E-state index in [1.165, 1.54) is 11.3 Å². The SMILES string of the molecule is CNCCc1nc(-c2cscn2)no1. The van der Waals surface area contributed by atoms with Crippen LogP contribution in [-0.4, -0.2) is 28.7 Å². The van der Waals surface area contributed by atoms with Crippen LogP contribution in [0.4, 0.5) is 0 Å². The number of nitrogens with zero attached hydrogens (tertiary/aromatic N) is 3. The van der Waals surface area contributed by atoms with Crippen molar-refractivity contribution in [1.82, 2.24) is 20.4 Å². The second kappa shape index (κ2) is 4.30. The molecule has 0 radical (unpaired) electrons. The van der Waals surface area contributed by atoms with Crippen molar-refractivity contribution in [3.8, 4) is 11.5 Å². The van der Waals surface area contributed by atoms with Gasteiger partial charge in [0.15, 0.2) is 0 Å². The average Bonchev–Trinajstić information content (AvgIpc) is 2.85. The van der Waals surface area contributed by atoms with Crippen LogP contribution in [0.3, 0.4) is 0 Å². The average molecular weight is 210 g/mol. The standard InChI is InChI=1S/C8H10N4OS/c1-9-3-2-7-11-8(12-13-7)6-4-14-5-10-6/h4-5,9H,2-3H2,1H3. The first-order chi connectivity index (χ1) is 6.90. The van der Waals surface area contributed by atoms with Crippen LogP contribution in [0, 0.1) is 0 Å². The normalized spacial score (nSPS) is 10.6. The highest BCUT2D eigenvalue weighted by molar-refractivity contribution is 7.07. The van der Waals surface area contributed by atoms with Gasteiger partial charge in [0.2, 0.25) is 11.7 Å². The van der Waals surface area contributed by atoms with Gasteiger partial charge in [-0.05, 0) is 7.05 Å². The van der Waals surface area contributed by atoms with Crippen molar-refractivity contribution in [2.75, 3.05) is 13.6 Å². The second-order valence-corrected chi connectivity index (χ2v) is 3.46. The van der Waals surface area contributed by atoms with Gasteiger partial charge in [-0.15, -0.1) is 11.3 Å². The minimum atomic E-state index is 0.567. The number of hydrogen-bond acceptors (Lipinski definition) is 6. The van der Waals surface area contributed by atoms with Crippen LogP contribution in [0.1, 0.15) is 5.89 Å². The molecule has 5 nitrogen and oxygen atoms in total. The summed E-state index contributed by atoms with van der Waals surface area (Å²) in [5.74, 6) is 1.21. The Morgan fingerprint density at radius 1 is 1.57 bits per heavy atom. The van der Waals surface area contributed by atoms with Crippen molar-refractivity contribution in [2.45, 2.75) is 6.42 Å². The molecule has 0 amide bonds. The first-order valence-corrected chi connectivity index (χ1v) is 5.20. The molecule has 2 heterocycles. The minimum absolute atomic E-state index is 0.567. The fourth-order valence-corrected chi connectivity index (χ4v) is 1.55. The van der Waals surface area contributed by atoms with Crippen molar-refractivity contribution < 1.29 is 4.52 Å². The Hall–Kier alpha value is -1.27. The molecule has 0 atom stereocenters. The molecule has 0 aromatic carbocycles. The molecule has 0 aliphatic carbocycles. The monoisotopic (exact) mass is 210 g/mol. The fraction of sp³-hybridized carbons (Fsp3) is 0.375. The quantitative estimate of drug-likeness (QED) is 0.814. The van der Waals surface area contributed by atoms with E-state index in [9.17, 15) is 0 Å². The molecule has 0 saturated carbocycles. The van der Waals surface area contributed by atoms with E-state index in [1.807, 2.05) is 12.4 Å². The third-order valence-electron chi connectivity index (χ3n) is 1.72. The molecule has 2 aromatic heterocycles. The van der Waals surface area contributed by atoms with Crippen LogP contribution >= 0.6 is 11.3 Å². The largest absolute Gasteiger partial charge is 0.339 e. The summed E-state index contributed by atoms with van der Waals surface area (Å²) in [5.41, 5.74) is 2.52. The van der Waals surface area contributed by atoms with Crippen LogP contribution in [-0.2, 0) is 6.42 Å². The molecule has 0 aliphatic rings. The number of thiazole rings is 1. The van der Waals surface area contributed by atoms with Gasteiger partial charge in [0.1, 0.15) is 5.69 Å². The summed E-state index contributed by atoms with van der Waals surface area (Å²) in [4.78, 5) is 8.31. The second-order valence-electron chi connectivity index (χ2n) is 2.74. The van der Waals surface area contributed by atoms with E-state index < -0.39 is 0 Å². The van der Waals surface area contributed by atoms with Crippen molar-refractivity contribution >= 4 is 11.3 Å². The summed E-state index contributed by atoms with van der Waals surface area (Å²) >= 11 is 1.52. The summed E-state index contributed by atoms with van der Waals surface area (Å²) in [6.07, 6.45) is 0.744. The van der Waals surface area contributed by atoms with E-state index in [1.54, 1.807) is 5.51 Å². The summed E-state index contributed by atoms with van der Waals surface area (Å²) in [6, 6.07) is 0. The predicted molar refractivity (Wildman–Crippen MR) is 53.0 cm³/mol. The molecule has 1 N–H and O–H groups in total. The third kappa shape index (κ3) is 1.97. The van der Waals surface area contributed by atoms with E-state index in [2.05, 4.69) is 20.4 Å². The predicted octanol–water partition coefficient (Wildman–Crippen LogP) is 0.955. The molecule has 0 saturated heterocycles. The van der Waals surface area contributed by atoms with Gasteiger partial charge in [0, 0.05) is 18.3 Å². The highest BCUT2D eigenvalue weighted by Crippen LogP contribution is 2.14. The highest BCUT2D eigenvalue weighted by atomic mass is 32.1. The number of nitrogens with one attached hydrogen (secondary N) is 1. The van der Waals surface area contributed by atoms with Crippen molar-refractivity contribution in [2.24, 2.45) is 0 Å². The lowest BCUT2D eigenvalue weighted by Gasteiger charge is -1.90.